The Balaban J connectivity index is 2.16. The van der Waals surface area contributed by atoms with E-state index in [1.807, 2.05) is 18.2 Å². The summed E-state index contributed by atoms with van der Waals surface area (Å²) >= 11 is 7.41. The molecule has 0 saturated carbocycles. The topological polar surface area (TPSA) is 24.9 Å². The minimum atomic E-state index is 0.104. The molecule has 1 heterocycles. The molecule has 1 aromatic carbocycles. The molecule has 2 rings (SSSR count). The molecule has 0 unspecified atom stereocenters. The van der Waals surface area contributed by atoms with Crippen LogP contribution in [0.15, 0.2) is 24.3 Å². The largest absolute Gasteiger partial charge is 0.375 e. The quantitative estimate of drug-likeness (QED) is 0.835. The predicted molar refractivity (Wildman–Crippen MR) is 72.6 cm³/mol. The fourth-order valence-corrected chi connectivity index (χ4v) is 2.23. The molecule has 0 aliphatic rings. The summed E-state index contributed by atoms with van der Waals surface area (Å²) in [5, 5.41) is 5.76. The summed E-state index contributed by atoms with van der Waals surface area (Å²) in [5.41, 5.74) is 1.16. The lowest BCUT2D eigenvalue weighted by atomic mass is 9.97. The third kappa shape index (κ3) is 2.47. The van der Waals surface area contributed by atoms with E-state index in [0.717, 1.165) is 17.1 Å². The molecular formula is C12H15ClN2S. The van der Waals surface area contributed by atoms with Gasteiger partial charge in [0.1, 0.15) is 5.00 Å². The second-order valence-corrected chi connectivity index (χ2v) is 5.72. The van der Waals surface area contributed by atoms with Gasteiger partial charge in [0, 0.05) is 17.8 Å². The molecule has 2 nitrogen and oxygen atoms in total. The molecule has 0 fully saturated rings. The van der Waals surface area contributed by atoms with Gasteiger partial charge in [-0.3, -0.25) is 0 Å². The van der Waals surface area contributed by atoms with Crippen LogP contribution in [-0.2, 0) is 0 Å². The van der Waals surface area contributed by atoms with Gasteiger partial charge in [0.25, 0.3) is 0 Å². The van der Waals surface area contributed by atoms with Crippen molar-refractivity contribution in [1.82, 2.24) is 4.37 Å². The average molecular weight is 255 g/mol. The maximum atomic E-state index is 5.90. The van der Waals surface area contributed by atoms with Gasteiger partial charge >= 0.3 is 0 Å². The number of anilines is 1. The Morgan fingerprint density at radius 2 is 2.12 bits per heavy atom. The highest BCUT2D eigenvalue weighted by Crippen LogP contribution is 2.28. The van der Waals surface area contributed by atoms with Crippen molar-refractivity contribution in [2.45, 2.75) is 13.8 Å². The van der Waals surface area contributed by atoms with E-state index >= 15 is 0 Å². The van der Waals surface area contributed by atoms with Crippen molar-refractivity contribution in [3.05, 3.63) is 24.3 Å². The van der Waals surface area contributed by atoms with Crippen LogP contribution in [0.1, 0.15) is 13.8 Å². The highest BCUT2D eigenvalue weighted by atomic mass is 35.5. The minimum absolute atomic E-state index is 0.104. The maximum Gasteiger partial charge on any atom is 0.117 e. The molecule has 0 radical (unpaired) electrons. The number of nitrogens with zero attached hydrogens (tertiary/aromatic N) is 1. The molecule has 0 bridgehead atoms. The molecular weight excluding hydrogens is 240 g/mol. The number of hydrogen-bond acceptors (Lipinski definition) is 3. The van der Waals surface area contributed by atoms with E-state index in [-0.39, 0.29) is 5.41 Å². The fraction of sp³-hybridized carbons (Fsp3) is 0.417. The highest BCUT2D eigenvalue weighted by Gasteiger charge is 2.16. The van der Waals surface area contributed by atoms with Gasteiger partial charge in [-0.1, -0.05) is 26.0 Å². The van der Waals surface area contributed by atoms with Gasteiger partial charge in [-0.25, -0.2) is 0 Å². The molecule has 16 heavy (non-hydrogen) atoms. The summed E-state index contributed by atoms with van der Waals surface area (Å²) in [6, 6.07) is 8.17. The molecule has 0 spiro atoms. The number of hydrogen-bond donors (Lipinski definition) is 1. The zero-order valence-corrected chi connectivity index (χ0v) is 11.0. The SMILES string of the molecule is CC(C)(CCl)CNc1snc2ccccc12. The fourth-order valence-electron chi connectivity index (χ4n) is 1.38. The summed E-state index contributed by atoms with van der Waals surface area (Å²) in [6.07, 6.45) is 0. The Bertz CT molecular complexity index is 479. The summed E-state index contributed by atoms with van der Waals surface area (Å²) in [6.45, 7) is 5.16. The standard InChI is InChI=1S/C12H15ClN2S/c1-12(2,7-13)8-14-11-9-5-3-4-6-10(9)15-16-11/h3-6,14H,7-8H2,1-2H3. The van der Waals surface area contributed by atoms with E-state index in [1.165, 1.54) is 16.9 Å². The summed E-state index contributed by atoms with van der Waals surface area (Å²) in [5.74, 6) is 0.650. The van der Waals surface area contributed by atoms with Gasteiger partial charge < -0.3 is 5.32 Å². The molecule has 0 saturated heterocycles. The Morgan fingerprint density at radius 3 is 2.88 bits per heavy atom. The Labute approximate surface area is 105 Å². The number of nitrogens with one attached hydrogen (secondary N) is 1. The number of aromatic nitrogens is 1. The van der Waals surface area contributed by atoms with Crippen molar-refractivity contribution >= 4 is 39.0 Å². The first-order valence-corrected chi connectivity index (χ1v) is 6.57. The van der Waals surface area contributed by atoms with Gasteiger partial charge in [-0.05, 0) is 29.1 Å². The van der Waals surface area contributed by atoms with Gasteiger partial charge in [0.2, 0.25) is 0 Å². The van der Waals surface area contributed by atoms with Crippen molar-refractivity contribution < 1.29 is 0 Å². The van der Waals surface area contributed by atoms with Gasteiger partial charge in [-0.2, -0.15) is 4.37 Å². The zero-order valence-electron chi connectivity index (χ0n) is 9.46. The lowest BCUT2D eigenvalue weighted by Gasteiger charge is -2.21. The summed E-state index contributed by atoms with van der Waals surface area (Å²) in [7, 11) is 0. The molecule has 2 aromatic rings. The van der Waals surface area contributed by atoms with E-state index in [9.17, 15) is 0 Å². The van der Waals surface area contributed by atoms with E-state index in [2.05, 4.69) is 29.6 Å². The van der Waals surface area contributed by atoms with E-state index in [1.54, 1.807) is 0 Å². The first kappa shape index (κ1) is 11.7. The van der Waals surface area contributed by atoms with Gasteiger partial charge in [0.05, 0.1) is 5.52 Å². The number of benzene rings is 1. The normalized spacial score (nSPS) is 11.9. The average Bonchev–Trinajstić information content (AvgIpc) is 2.70. The number of rotatable bonds is 4. The first-order valence-electron chi connectivity index (χ1n) is 5.27. The first-order chi connectivity index (χ1) is 7.62. The zero-order chi connectivity index (χ0) is 11.6. The van der Waals surface area contributed by atoms with Crippen LogP contribution in [0.3, 0.4) is 0 Å². The van der Waals surface area contributed by atoms with Crippen molar-refractivity contribution in [3.8, 4) is 0 Å². The Morgan fingerprint density at radius 1 is 1.38 bits per heavy atom. The summed E-state index contributed by atoms with van der Waals surface area (Å²) < 4.78 is 4.39. The Kier molecular flexibility index (Phi) is 3.36. The van der Waals surface area contributed by atoms with Crippen LogP contribution in [0.2, 0.25) is 0 Å². The van der Waals surface area contributed by atoms with Crippen molar-refractivity contribution in [2.75, 3.05) is 17.7 Å². The van der Waals surface area contributed by atoms with Gasteiger partial charge in [0.15, 0.2) is 0 Å². The van der Waals surface area contributed by atoms with E-state index in [4.69, 9.17) is 11.6 Å². The third-order valence-electron chi connectivity index (χ3n) is 2.47. The number of halogens is 1. The lowest BCUT2D eigenvalue weighted by Crippen LogP contribution is -2.24. The molecule has 1 N–H and O–H groups in total. The molecule has 0 aliphatic heterocycles. The third-order valence-corrected chi connectivity index (χ3v) is 4.03. The van der Waals surface area contributed by atoms with Crippen molar-refractivity contribution in [2.24, 2.45) is 5.41 Å². The Hall–Kier alpha value is -0.800. The minimum Gasteiger partial charge on any atom is -0.375 e. The summed E-state index contributed by atoms with van der Waals surface area (Å²) in [4.78, 5) is 0. The number of alkyl halides is 1. The smallest absolute Gasteiger partial charge is 0.117 e. The van der Waals surface area contributed by atoms with Crippen LogP contribution in [0.5, 0.6) is 0 Å². The van der Waals surface area contributed by atoms with Crippen LogP contribution in [0, 0.1) is 5.41 Å². The van der Waals surface area contributed by atoms with E-state index in [0.29, 0.717) is 5.88 Å². The monoisotopic (exact) mass is 254 g/mol. The van der Waals surface area contributed by atoms with E-state index < -0.39 is 0 Å². The second kappa shape index (κ2) is 4.60. The second-order valence-electron chi connectivity index (χ2n) is 4.68. The van der Waals surface area contributed by atoms with Crippen LogP contribution < -0.4 is 5.32 Å². The van der Waals surface area contributed by atoms with Gasteiger partial charge in [-0.15, -0.1) is 11.6 Å². The lowest BCUT2D eigenvalue weighted by molar-refractivity contribution is 0.451. The van der Waals surface area contributed by atoms with Crippen molar-refractivity contribution in [3.63, 3.8) is 0 Å². The molecule has 0 atom stereocenters. The molecule has 1 aromatic heterocycles. The molecule has 4 heteroatoms. The predicted octanol–water partition coefficient (Wildman–Crippen LogP) is 3.97. The van der Waals surface area contributed by atoms with Crippen LogP contribution in [-0.4, -0.2) is 16.8 Å². The van der Waals surface area contributed by atoms with Crippen LogP contribution in [0.4, 0.5) is 5.00 Å². The van der Waals surface area contributed by atoms with Crippen LogP contribution >= 0.6 is 23.1 Å². The highest BCUT2D eigenvalue weighted by molar-refractivity contribution is 7.11. The number of fused-ring (bicyclic) bond motifs is 1. The van der Waals surface area contributed by atoms with Crippen LogP contribution in [0.25, 0.3) is 10.9 Å². The molecule has 0 aliphatic carbocycles. The maximum absolute atomic E-state index is 5.90. The molecule has 86 valence electrons. The molecule has 0 amide bonds. The van der Waals surface area contributed by atoms with Crippen molar-refractivity contribution in [1.29, 1.82) is 0 Å².